The van der Waals surface area contributed by atoms with Gasteiger partial charge in [0.15, 0.2) is 5.56 Å². The molecule has 1 aliphatic heterocycles. The molecule has 10 heteroatoms. The number of rotatable bonds is 6. The van der Waals surface area contributed by atoms with Crippen molar-refractivity contribution in [1.82, 2.24) is 24.4 Å². The highest BCUT2D eigenvalue weighted by Crippen LogP contribution is 2.46. The molecule has 0 radical (unpaired) electrons. The molecule has 0 unspecified atom stereocenters. The third-order valence-electron chi connectivity index (χ3n) is 6.42. The molecular formula is C22H27N5O5. The van der Waals surface area contributed by atoms with Crippen LogP contribution in [0.4, 0.5) is 0 Å². The van der Waals surface area contributed by atoms with Crippen LogP contribution in [0.3, 0.4) is 0 Å². The Hall–Kier alpha value is -3.14. The number of hydrogen-bond acceptors (Lipinski definition) is 6. The number of aromatic hydroxyl groups is 1. The first-order valence-electron chi connectivity index (χ1n) is 11.1. The molecule has 2 aromatic heterocycles. The number of ether oxygens (including phenoxy) is 1. The summed E-state index contributed by atoms with van der Waals surface area (Å²) in [6.45, 7) is 4.56. The van der Waals surface area contributed by atoms with E-state index in [2.05, 4.69) is 17.3 Å². The van der Waals surface area contributed by atoms with Crippen LogP contribution >= 0.6 is 0 Å². The molecule has 10 nitrogen and oxygen atoms in total. The van der Waals surface area contributed by atoms with Gasteiger partial charge in [0, 0.05) is 37.3 Å². The Morgan fingerprint density at radius 3 is 2.69 bits per heavy atom. The molecule has 170 valence electrons. The Bertz CT molecular complexity index is 1170. The Morgan fingerprint density at radius 2 is 2.03 bits per heavy atom. The van der Waals surface area contributed by atoms with E-state index in [-0.39, 0.29) is 22.9 Å². The maximum Gasteiger partial charge on any atom is 0.270 e. The van der Waals surface area contributed by atoms with Crippen LogP contribution in [0.25, 0.3) is 11.7 Å². The van der Waals surface area contributed by atoms with Crippen molar-refractivity contribution in [2.24, 2.45) is 5.41 Å². The molecule has 0 atom stereocenters. The number of carbonyl (C=O) groups is 2. The maximum absolute atomic E-state index is 13.4. The quantitative estimate of drug-likeness (QED) is 0.639. The number of nitrogens with zero attached hydrogens (tertiary/aromatic N) is 4. The number of morpholine rings is 1. The molecule has 1 saturated heterocycles. The van der Waals surface area contributed by atoms with E-state index in [9.17, 15) is 19.5 Å². The molecule has 2 aromatic rings. The average molecular weight is 441 g/mol. The van der Waals surface area contributed by atoms with E-state index < -0.39 is 17.3 Å². The van der Waals surface area contributed by atoms with Crippen molar-refractivity contribution in [3.05, 3.63) is 33.8 Å². The lowest BCUT2D eigenvalue weighted by Gasteiger charge is -2.25. The summed E-state index contributed by atoms with van der Waals surface area (Å²) in [5.41, 5.74) is 0.0140. The second-order valence-electron chi connectivity index (χ2n) is 9.25. The third-order valence-corrected chi connectivity index (χ3v) is 6.42. The molecule has 2 aliphatic carbocycles. The second kappa shape index (κ2) is 7.77. The minimum absolute atomic E-state index is 0.0413. The Morgan fingerprint density at radius 1 is 1.31 bits per heavy atom. The predicted molar refractivity (Wildman–Crippen MR) is 115 cm³/mol. The molecule has 2 saturated carbocycles. The number of carbonyl (C=O) groups excluding carboxylic acids is 2. The highest BCUT2D eigenvalue weighted by Gasteiger charge is 2.39. The lowest BCUT2D eigenvalue weighted by molar-refractivity contribution is -0.129. The summed E-state index contributed by atoms with van der Waals surface area (Å²) in [6.07, 6.45) is 8.24. The summed E-state index contributed by atoms with van der Waals surface area (Å²) in [4.78, 5) is 40.3. The zero-order valence-corrected chi connectivity index (χ0v) is 18.0. The van der Waals surface area contributed by atoms with Crippen molar-refractivity contribution in [1.29, 1.82) is 0 Å². The fourth-order valence-electron chi connectivity index (χ4n) is 3.96. The fourth-order valence-corrected chi connectivity index (χ4v) is 3.96. The lowest BCUT2D eigenvalue weighted by atomic mass is 10.1. The van der Waals surface area contributed by atoms with Crippen LogP contribution in [0.15, 0.2) is 17.1 Å². The van der Waals surface area contributed by atoms with Gasteiger partial charge in [-0.3, -0.25) is 19.0 Å². The molecule has 3 heterocycles. The lowest BCUT2D eigenvalue weighted by Crippen LogP contribution is -2.39. The van der Waals surface area contributed by atoms with Crippen molar-refractivity contribution in [2.75, 3.05) is 26.3 Å². The van der Waals surface area contributed by atoms with Crippen LogP contribution in [0.1, 0.15) is 48.5 Å². The van der Waals surface area contributed by atoms with Crippen LogP contribution in [0.2, 0.25) is 0 Å². The Kier molecular flexibility index (Phi) is 5.04. The van der Waals surface area contributed by atoms with Crippen LogP contribution in [-0.2, 0) is 16.1 Å². The van der Waals surface area contributed by atoms with Crippen molar-refractivity contribution in [3.8, 4) is 5.88 Å². The van der Waals surface area contributed by atoms with Crippen LogP contribution in [-0.4, -0.2) is 68.3 Å². The maximum atomic E-state index is 13.4. The van der Waals surface area contributed by atoms with Gasteiger partial charge in [0.25, 0.3) is 11.5 Å². The molecule has 5 rings (SSSR count). The van der Waals surface area contributed by atoms with Crippen LogP contribution in [0.5, 0.6) is 5.88 Å². The molecule has 0 bridgehead atoms. The molecule has 3 aliphatic rings. The molecule has 3 fully saturated rings. The van der Waals surface area contributed by atoms with Gasteiger partial charge in [-0.15, -0.1) is 0 Å². The van der Waals surface area contributed by atoms with Crippen molar-refractivity contribution in [2.45, 2.75) is 45.2 Å². The number of aromatic nitrogens is 3. The van der Waals surface area contributed by atoms with Crippen LogP contribution in [0, 0.1) is 5.41 Å². The molecular weight excluding hydrogens is 414 g/mol. The minimum atomic E-state index is -0.582. The van der Waals surface area contributed by atoms with E-state index in [1.54, 1.807) is 11.0 Å². The van der Waals surface area contributed by atoms with Gasteiger partial charge in [0.1, 0.15) is 5.65 Å². The summed E-state index contributed by atoms with van der Waals surface area (Å²) in [7, 11) is 0. The first kappa shape index (κ1) is 20.7. The van der Waals surface area contributed by atoms with Gasteiger partial charge in [-0.1, -0.05) is 6.92 Å². The summed E-state index contributed by atoms with van der Waals surface area (Å²) >= 11 is 0. The van der Waals surface area contributed by atoms with Gasteiger partial charge in [0.2, 0.25) is 11.8 Å². The first-order chi connectivity index (χ1) is 15.4. The van der Waals surface area contributed by atoms with Gasteiger partial charge in [-0.2, -0.15) is 9.61 Å². The zero-order chi connectivity index (χ0) is 22.5. The number of hydrogen-bond donors (Lipinski definition) is 2. The molecule has 0 aromatic carbocycles. The van der Waals surface area contributed by atoms with Gasteiger partial charge >= 0.3 is 0 Å². The average Bonchev–Trinajstić information content (AvgIpc) is 3.69. The first-order valence-corrected chi connectivity index (χ1v) is 11.1. The number of amides is 2. The summed E-state index contributed by atoms with van der Waals surface area (Å²) < 4.78 is 8.01. The van der Waals surface area contributed by atoms with E-state index >= 15 is 0 Å². The molecule has 0 spiro atoms. The SMILES string of the molecule is CC1(Cn2c(=O)c(C(=O)NC3CC3)c(O)n3ncc(/C=C/C(=O)N4CCOCC4)c23)CC1. The Balaban J connectivity index is 1.56. The van der Waals surface area contributed by atoms with E-state index in [4.69, 9.17) is 4.74 Å². The van der Waals surface area contributed by atoms with Crippen molar-refractivity contribution in [3.63, 3.8) is 0 Å². The highest BCUT2D eigenvalue weighted by molar-refractivity contribution is 5.97. The topological polar surface area (TPSA) is 118 Å². The standard InChI is InChI=1S/C22H27N5O5/c1-22(6-7-22)13-26-19-14(2-5-16(28)25-8-10-32-11-9-25)12-23-27(19)21(31)17(20(26)30)18(29)24-15-3-4-15/h2,5,12,15,31H,3-4,6-11,13H2,1H3,(H,24,29)/b5-2+. The third kappa shape index (κ3) is 3.90. The van der Waals surface area contributed by atoms with Crippen molar-refractivity contribution >= 4 is 23.5 Å². The highest BCUT2D eigenvalue weighted by atomic mass is 16.5. The largest absolute Gasteiger partial charge is 0.492 e. The fraction of sp³-hybridized carbons (Fsp3) is 0.545. The number of fused-ring (bicyclic) bond motifs is 1. The van der Waals surface area contributed by atoms with Gasteiger partial charge in [-0.25, -0.2) is 0 Å². The van der Waals surface area contributed by atoms with E-state index in [1.807, 2.05) is 0 Å². The van der Waals surface area contributed by atoms with Gasteiger partial charge < -0.3 is 20.1 Å². The predicted octanol–water partition coefficient (Wildman–Crippen LogP) is 0.766. The van der Waals surface area contributed by atoms with Gasteiger partial charge in [-0.05, 0) is 37.2 Å². The van der Waals surface area contributed by atoms with E-state index in [0.29, 0.717) is 44.1 Å². The number of nitrogens with one attached hydrogen (secondary N) is 1. The summed E-state index contributed by atoms with van der Waals surface area (Å²) in [6, 6.07) is 0.0497. The summed E-state index contributed by atoms with van der Waals surface area (Å²) in [5.74, 6) is -1.22. The molecule has 2 amide bonds. The minimum Gasteiger partial charge on any atom is -0.492 e. The summed E-state index contributed by atoms with van der Waals surface area (Å²) in [5, 5.41) is 17.8. The van der Waals surface area contributed by atoms with Crippen LogP contribution < -0.4 is 10.9 Å². The Labute approximate surface area is 184 Å². The molecule has 32 heavy (non-hydrogen) atoms. The van der Waals surface area contributed by atoms with E-state index in [1.165, 1.54) is 21.4 Å². The zero-order valence-electron chi connectivity index (χ0n) is 18.0. The van der Waals surface area contributed by atoms with Crippen molar-refractivity contribution < 1.29 is 19.4 Å². The monoisotopic (exact) mass is 441 g/mol. The second-order valence-corrected chi connectivity index (χ2v) is 9.25. The van der Waals surface area contributed by atoms with E-state index in [0.717, 1.165) is 25.7 Å². The smallest absolute Gasteiger partial charge is 0.270 e. The van der Waals surface area contributed by atoms with Gasteiger partial charge in [0.05, 0.1) is 19.4 Å². The molecule has 2 N–H and O–H groups in total. The normalized spacial score (nSPS) is 20.1.